The number of aliphatic hydroxyl groups excluding tert-OH is 1. The van der Waals surface area contributed by atoms with Crippen LogP contribution in [0.5, 0.6) is 0 Å². The van der Waals surface area contributed by atoms with E-state index in [1.807, 2.05) is 13.8 Å². The van der Waals surface area contributed by atoms with Crippen LogP contribution in [0.4, 0.5) is 0 Å². The average molecular weight is 479 g/mol. The van der Waals surface area contributed by atoms with Crippen LogP contribution in [-0.4, -0.2) is 40.8 Å². The minimum Gasteiger partial charge on any atom is -0.548 e. The van der Waals surface area contributed by atoms with Gasteiger partial charge in [-0.1, -0.05) is 20.8 Å². The molecule has 4 saturated carbocycles. The van der Waals surface area contributed by atoms with E-state index >= 15 is 0 Å². The van der Waals surface area contributed by atoms with Crippen molar-refractivity contribution < 1.29 is 64.1 Å². The van der Waals surface area contributed by atoms with Gasteiger partial charge in [0.05, 0.1) is 26.1 Å². The number of fused-ring (bicyclic) bond motifs is 5. The third-order valence-corrected chi connectivity index (χ3v) is 9.58. The standard InChI is InChI=1S/C26H43NO5.Na/c1-15(4-7-22(30)27-14-23(31)32)18-5-6-19-24-20(9-11-26(18,19)3)25(2)10-8-17(28)12-16(25)13-21(24)29;/h15-21,24,28-29H,4-14H2,1-3H3,(H,27,30)(H,31,32);/q;+1/p-1/t15-,16+,17-,18-,19+,20+,21-,24+,25+,26-;/m1./s1/i7D2,8D2,12D2,17D;. The second kappa shape index (κ2) is 10.5. The molecule has 0 aromatic carbocycles. The van der Waals surface area contributed by atoms with Crippen LogP contribution < -0.4 is 40.0 Å². The van der Waals surface area contributed by atoms with E-state index in [0.717, 1.165) is 19.3 Å². The zero-order chi connectivity index (χ0) is 29.6. The van der Waals surface area contributed by atoms with Gasteiger partial charge in [0, 0.05) is 14.6 Å². The molecule has 4 aliphatic carbocycles. The van der Waals surface area contributed by atoms with Gasteiger partial charge in [-0.2, -0.15) is 0 Å². The van der Waals surface area contributed by atoms with E-state index in [9.17, 15) is 24.9 Å². The third-order valence-electron chi connectivity index (χ3n) is 9.58. The molecule has 0 aromatic heterocycles. The molecule has 6 nitrogen and oxygen atoms in total. The van der Waals surface area contributed by atoms with Gasteiger partial charge in [-0.3, -0.25) is 4.79 Å². The second-order valence-corrected chi connectivity index (χ2v) is 11.1. The van der Waals surface area contributed by atoms with Crippen molar-refractivity contribution in [1.29, 1.82) is 0 Å². The van der Waals surface area contributed by atoms with Crippen LogP contribution in [0.25, 0.3) is 0 Å². The van der Waals surface area contributed by atoms with E-state index in [1.54, 1.807) is 0 Å². The molecule has 33 heavy (non-hydrogen) atoms. The molecule has 3 N–H and O–H groups in total. The van der Waals surface area contributed by atoms with Crippen LogP contribution in [0.15, 0.2) is 0 Å². The quantitative estimate of drug-likeness (QED) is 0.436. The van der Waals surface area contributed by atoms with Gasteiger partial charge in [0.1, 0.15) is 0 Å². The maximum Gasteiger partial charge on any atom is 1.00 e. The van der Waals surface area contributed by atoms with Crippen molar-refractivity contribution in [1.82, 2.24) is 5.32 Å². The fourth-order valence-corrected chi connectivity index (χ4v) is 7.98. The molecule has 7 heteroatoms. The van der Waals surface area contributed by atoms with Crippen molar-refractivity contribution in [3.63, 3.8) is 0 Å². The van der Waals surface area contributed by atoms with Crippen molar-refractivity contribution in [3.05, 3.63) is 0 Å². The topological polar surface area (TPSA) is 110 Å². The molecule has 1 amide bonds. The number of hydrogen-bond donors (Lipinski definition) is 3. The molecule has 10 atom stereocenters. The van der Waals surface area contributed by atoms with Crippen molar-refractivity contribution in [2.24, 2.45) is 46.3 Å². The minimum absolute atomic E-state index is 0. The molecule has 0 bridgehead atoms. The molecule has 4 fully saturated rings. The number of carboxylic acids is 1. The molecule has 0 heterocycles. The smallest absolute Gasteiger partial charge is 0.548 e. The van der Waals surface area contributed by atoms with Crippen molar-refractivity contribution in [3.8, 4) is 0 Å². The third kappa shape index (κ3) is 5.07. The van der Waals surface area contributed by atoms with Gasteiger partial charge < -0.3 is 25.4 Å². The Bertz CT molecular complexity index is 1020. The Balaban J connectivity index is 0.00000441. The molecule has 0 aromatic rings. The summed E-state index contributed by atoms with van der Waals surface area (Å²) in [7, 11) is 0. The molecule has 182 valence electrons. The van der Waals surface area contributed by atoms with Gasteiger partial charge in [0.2, 0.25) is 5.91 Å². The molecule has 0 saturated heterocycles. The summed E-state index contributed by atoms with van der Waals surface area (Å²) in [5.41, 5.74) is -1.13. The molecule has 0 unspecified atom stereocenters. The van der Waals surface area contributed by atoms with Crippen LogP contribution >= 0.6 is 0 Å². The summed E-state index contributed by atoms with van der Waals surface area (Å²) >= 11 is 0. The summed E-state index contributed by atoms with van der Waals surface area (Å²) < 4.78 is 59.0. The zero-order valence-electron chi connectivity index (χ0n) is 27.3. The van der Waals surface area contributed by atoms with E-state index in [4.69, 9.17) is 9.60 Å². The Morgan fingerprint density at radius 3 is 2.61 bits per heavy atom. The van der Waals surface area contributed by atoms with Gasteiger partial charge in [0.25, 0.3) is 0 Å². The number of carbonyl (C=O) groups excluding carboxylic acids is 2. The van der Waals surface area contributed by atoms with Crippen LogP contribution in [0, 0.1) is 46.3 Å². The Morgan fingerprint density at radius 1 is 1.21 bits per heavy atom. The summed E-state index contributed by atoms with van der Waals surface area (Å²) in [6.45, 7) is 5.16. The number of nitrogens with one attached hydrogen (secondary N) is 1. The number of aliphatic carboxylic acids is 1. The summed E-state index contributed by atoms with van der Waals surface area (Å²) in [5, 5.41) is 34.9. The van der Waals surface area contributed by atoms with Gasteiger partial charge >= 0.3 is 29.6 Å². The molecular weight excluding hydrogens is 429 g/mol. The van der Waals surface area contributed by atoms with Crippen molar-refractivity contribution in [2.75, 3.05) is 6.54 Å². The largest absolute Gasteiger partial charge is 1.00 e. The predicted molar refractivity (Wildman–Crippen MR) is 119 cm³/mol. The normalized spacial score (nSPS) is 53.9. The molecular formula is C26H42NNaO5. The Labute approximate surface area is 230 Å². The van der Waals surface area contributed by atoms with Crippen LogP contribution in [0.3, 0.4) is 0 Å². The summed E-state index contributed by atoms with van der Waals surface area (Å²) in [4.78, 5) is 23.0. The molecule has 0 aliphatic heterocycles. The Hall–Kier alpha value is -0.140. The number of carboxylic acid groups (broad SMARTS) is 1. The van der Waals surface area contributed by atoms with E-state index in [0.29, 0.717) is 6.42 Å². The SMILES string of the molecule is [2H]C([2H])(C[C@@H](C)[C@H]1CC[C@H]2[C@@H]3[C@H](O)C[C@@H]4C([2H])([2H])[C@]([2H])(O)C([2H])([2H])C[C@]4(C)[C@H]3CC[C@]12C)C(=O)NCC(=O)[O-].[Na+]. The number of carbonyl (C=O) groups is 2. The first-order valence-corrected chi connectivity index (χ1v) is 12.0. The number of rotatable bonds is 6. The number of amides is 1. The first-order valence-electron chi connectivity index (χ1n) is 15.5. The first kappa shape index (κ1) is 19.0. The summed E-state index contributed by atoms with van der Waals surface area (Å²) in [6, 6.07) is 0. The maximum absolute atomic E-state index is 12.3. The number of aliphatic hydroxyl groups is 2. The van der Waals surface area contributed by atoms with E-state index in [-0.39, 0.29) is 83.8 Å². The van der Waals surface area contributed by atoms with Gasteiger partial charge in [-0.15, -0.1) is 0 Å². The van der Waals surface area contributed by atoms with Gasteiger partial charge in [-0.25, -0.2) is 0 Å². The monoisotopic (exact) mass is 478 g/mol. The van der Waals surface area contributed by atoms with Gasteiger partial charge in [-0.05, 0) is 104 Å². The zero-order valence-corrected chi connectivity index (χ0v) is 22.3. The Morgan fingerprint density at radius 2 is 1.91 bits per heavy atom. The van der Waals surface area contributed by atoms with Gasteiger partial charge in [0.15, 0.2) is 0 Å². The molecule has 0 radical (unpaired) electrons. The summed E-state index contributed by atoms with van der Waals surface area (Å²) in [6.07, 6.45) is -8.42. The molecule has 4 aliphatic rings. The van der Waals surface area contributed by atoms with E-state index in [1.165, 1.54) is 0 Å². The fourth-order valence-electron chi connectivity index (χ4n) is 7.98. The van der Waals surface area contributed by atoms with E-state index in [2.05, 4.69) is 12.2 Å². The van der Waals surface area contributed by atoms with Crippen LogP contribution in [0.2, 0.25) is 0 Å². The molecule has 4 rings (SSSR count). The molecule has 0 spiro atoms. The Kier molecular flexibility index (Phi) is 6.03. The number of hydrogen-bond acceptors (Lipinski definition) is 5. The summed E-state index contributed by atoms with van der Waals surface area (Å²) in [5.74, 6) is -3.88. The minimum atomic E-state index is -2.93. The van der Waals surface area contributed by atoms with Crippen LogP contribution in [-0.2, 0) is 9.59 Å². The predicted octanol–water partition coefficient (Wildman–Crippen LogP) is -0.737. The maximum atomic E-state index is 12.3. The van der Waals surface area contributed by atoms with Crippen molar-refractivity contribution in [2.45, 2.75) is 97.0 Å². The fraction of sp³-hybridized carbons (Fsp3) is 0.923. The van der Waals surface area contributed by atoms with E-state index < -0.39 is 61.1 Å². The average Bonchev–Trinajstić information content (AvgIpc) is 3.14. The van der Waals surface area contributed by atoms with Crippen molar-refractivity contribution >= 4 is 11.9 Å². The van der Waals surface area contributed by atoms with Crippen LogP contribution in [0.1, 0.15) is 94.4 Å². The first-order chi connectivity index (χ1) is 17.6. The second-order valence-electron chi connectivity index (χ2n) is 11.1.